The van der Waals surface area contributed by atoms with Crippen molar-refractivity contribution in [3.05, 3.63) is 47.5 Å². The lowest BCUT2D eigenvalue weighted by atomic mass is 9.95. The number of aryl methyl sites for hydroxylation is 1. The van der Waals surface area contributed by atoms with Crippen LogP contribution in [-0.4, -0.2) is 16.2 Å². The summed E-state index contributed by atoms with van der Waals surface area (Å²) in [6, 6.07) is 11.9. The number of rotatable bonds is 5. The Morgan fingerprint density at radius 3 is 2.53 bits per heavy atom. The highest BCUT2D eigenvalue weighted by molar-refractivity contribution is 5.88. The van der Waals surface area contributed by atoms with E-state index < -0.39 is 12.1 Å². The molecule has 2 rings (SSSR count). The Bertz CT molecular complexity index is 590. The van der Waals surface area contributed by atoms with Gasteiger partial charge in [-0.2, -0.15) is 0 Å². The predicted octanol–water partition coefficient (Wildman–Crippen LogP) is 3.44. The van der Waals surface area contributed by atoms with Gasteiger partial charge in [-0.15, -0.1) is 0 Å². The molecule has 0 bridgehead atoms. The van der Waals surface area contributed by atoms with E-state index in [9.17, 15) is 9.90 Å². The van der Waals surface area contributed by atoms with E-state index in [2.05, 4.69) is 0 Å². The summed E-state index contributed by atoms with van der Waals surface area (Å²) >= 11 is 0. The maximum absolute atomic E-state index is 10.5. The van der Waals surface area contributed by atoms with Crippen LogP contribution in [0.2, 0.25) is 0 Å². The molecule has 0 amide bonds. The van der Waals surface area contributed by atoms with Gasteiger partial charge in [-0.25, -0.2) is 0 Å². The Morgan fingerprint density at radius 1 is 1.16 bits per heavy atom. The number of aliphatic carboxylic acids is 1. The maximum Gasteiger partial charge on any atom is 0.303 e. The van der Waals surface area contributed by atoms with Gasteiger partial charge in [-0.3, -0.25) is 4.79 Å². The number of carboxylic acid groups (broad SMARTS) is 1. The minimum absolute atomic E-state index is 0.0981. The largest absolute Gasteiger partial charge is 0.481 e. The van der Waals surface area contributed by atoms with Gasteiger partial charge in [-0.1, -0.05) is 36.4 Å². The first-order valence-corrected chi connectivity index (χ1v) is 6.47. The van der Waals surface area contributed by atoms with E-state index in [4.69, 9.17) is 5.11 Å². The number of aliphatic hydroxyl groups excluding tert-OH is 1. The molecule has 0 aliphatic rings. The molecule has 100 valence electrons. The molecule has 0 radical (unpaired) electrons. The van der Waals surface area contributed by atoms with Gasteiger partial charge >= 0.3 is 5.97 Å². The number of aliphatic hydroxyl groups is 1. The Hall–Kier alpha value is -1.87. The van der Waals surface area contributed by atoms with Crippen LogP contribution in [0.5, 0.6) is 0 Å². The fraction of sp³-hybridized carbons (Fsp3) is 0.312. The van der Waals surface area contributed by atoms with Crippen LogP contribution in [0.4, 0.5) is 0 Å². The number of carbonyl (C=O) groups is 1. The monoisotopic (exact) mass is 258 g/mol. The quantitative estimate of drug-likeness (QED) is 0.863. The lowest BCUT2D eigenvalue weighted by Crippen LogP contribution is -2.01. The molecule has 3 nitrogen and oxygen atoms in total. The standard InChI is InChI=1S/C16H18O3/c1-11-9-10-14(13-6-3-2-5-12(11)13)15(17)7-4-8-16(18)19/h2-3,5-6,9-10,15,17H,4,7-8H2,1H3,(H,18,19). The van der Waals surface area contributed by atoms with E-state index in [1.165, 1.54) is 5.56 Å². The summed E-state index contributed by atoms with van der Waals surface area (Å²) in [5, 5.41) is 21.0. The number of benzene rings is 2. The highest BCUT2D eigenvalue weighted by Gasteiger charge is 2.12. The van der Waals surface area contributed by atoms with Gasteiger partial charge in [-0.05, 0) is 41.7 Å². The van der Waals surface area contributed by atoms with E-state index in [1.54, 1.807) is 0 Å². The molecule has 2 aromatic carbocycles. The van der Waals surface area contributed by atoms with Crippen LogP contribution in [0.25, 0.3) is 10.8 Å². The SMILES string of the molecule is Cc1ccc(C(O)CCCC(=O)O)c2ccccc12. The average Bonchev–Trinajstić information content (AvgIpc) is 2.39. The van der Waals surface area contributed by atoms with Crippen LogP contribution in [0.15, 0.2) is 36.4 Å². The Balaban J connectivity index is 2.24. The van der Waals surface area contributed by atoms with Gasteiger partial charge in [0.25, 0.3) is 0 Å². The molecular formula is C16H18O3. The third-order valence-corrected chi connectivity index (χ3v) is 3.40. The summed E-state index contributed by atoms with van der Waals surface area (Å²) in [4.78, 5) is 10.5. The summed E-state index contributed by atoms with van der Waals surface area (Å²) in [5.41, 5.74) is 2.06. The lowest BCUT2D eigenvalue weighted by Gasteiger charge is -2.14. The maximum atomic E-state index is 10.5. The zero-order chi connectivity index (χ0) is 13.8. The summed E-state index contributed by atoms with van der Waals surface area (Å²) < 4.78 is 0. The molecule has 0 aliphatic carbocycles. The van der Waals surface area contributed by atoms with Crippen molar-refractivity contribution in [3.63, 3.8) is 0 Å². The molecular weight excluding hydrogens is 240 g/mol. The number of fused-ring (bicyclic) bond motifs is 1. The van der Waals surface area contributed by atoms with E-state index in [1.807, 2.05) is 43.3 Å². The lowest BCUT2D eigenvalue weighted by molar-refractivity contribution is -0.137. The van der Waals surface area contributed by atoms with Gasteiger partial charge in [0.15, 0.2) is 0 Å². The van der Waals surface area contributed by atoms with Crippen molar-refractivity contribution in [1.82, 2.24) is 0 Å². The molecule has 0 saturated heterocycles. The number of hydrogen-bond acceptors (Lipinski definition) is 2. The molecule has 0 saturated carbocycles. The summed E-state index contributed by atoms with van der Waals surface area (Å²) in [6.45, 7) is 2.04. The van der Waals surface area contributed by atoms with Crippen LogP contribution in [0, 0.1) is 6.92 Å². The molecule has 0 heterocycles. The molecule has 3 heteroatoms. The van der Waals surface area contributed by atoms with Gasteiger partial charge in [0.2, 0.25) is 0 Å². The van der Waals surface area contributed by atoms with Crippen LogP contribution in [-0.2, 0) is 4.79 Å². The van der Waals surface area contributed by atoms with Gasteiger partial charge < -0.3 is 10.2 Å². The van der Waals surface area contributed by atoms with E-state index in [0.29, 0.717) is 12.8 Å². The molecule has 0 fully saturated rings. The number of hydrogen-bond donors (Lipinski definition) is 2. The smallest absolute Gasteiger partial charge is 0.303 e. The molecule has 19 heavy (non-hydrogen) atoms. The van der Waals surface area contributed by atoms with Crippen LogP contribution in [0.3, 0.4) is 0 Å². The van der Waals surface area contributed by atoms with E-state index >= 15 is 0 Å². The molecule has 2 aromatic rings. The first kappa shape index (κ1) is 13.6. The Morgan fingerprint density at radius 2 is 1.84 bits per heavy atom. The minimum Gasteiger partial charge on any atom is -0.481 e. The van der Waals surface area contributed by atoms with Gasteiger partial charge in [0.05, 0.1) is 6.10 Å². The summed E-state index contributed by atoms with van der Waals surface area (Å²) in [6.07, 6.45) is 0.448. The second kappa shape index (κ2) is 5.85. The summed E-state index contributed by atoms with van der Waals surface area (Å²) in [5.74, 6) is -0.819. The van der Waals surface area contributed by atoms with Crippen molar-refractivity contribution >= 4 is 16.7 Å². The Labute approximate surface area is 112 Å². The highest BCUT2D eigenvalue weighted by atomic mass is 16.4. The predicted molar refractivity (Wildman–Crippen MR) is 75.1 cm³/mol. The highest BCUT2D eigenvalue weighted by Crippen LogP contribution is 2.29. The van der Waals surface area contributed by atoms with Crippen molar-refractivity contribution in [2.75, 3.05) is 0 Å². The van der Waals surface area contributed by atoms with Crippen molar-refractivity contribution in [1.29, 1.82) is 0 Å². The molecule has 2 N–H and O–H groups in total. The zero-order valence-electron chi connectivity index (χ0n) is 11.0. The number of carboxylic acids is 1. The first-order chi connectivity index (χ1) is 9.09. The van der Waals surface area contributed by atoms with Crippen molar-refractivity contribution < 1.29 is 15.0 Å². The Kier molecular flexibility index (Phi) is 4.17. The fourth-order valence-electron chi connectivity index (χ4n) is 2.37. The molecule has 0 aliphatic heterocycles. The van der Waals surface area contributed by atoms with Crippen molar-refractivity contribution in [2.24, 2.45) is 0 Å². The van der Waals surface area contributed by atoms with Crippen LogP contribution >= 0.6 is 0 Å². The van der Waals surface area contributed by atoms with Crippen LogP contribution in [0.1, 0.15) is 36.5 Å². The molecule has 0 aromatic heterocycles. The van der Waals surface area contributed by atoms with E-state index in [-0.39, 0.29) is 6.42 Å². The second-order valence-electron chi connectivity index (χ2n) is 4.82. The summed E-state index contributed by atoms with van der Waals surface area (Å²) in [7, 11) is 0. The minimum atomic E-state index is -0.819. The third kappa shape index (κ3) is 3.12. The topological polar surface area (TPSA) is 57.5 Å². The van der Waals surface area contributed by atoms with Crippen LogP contribution < -0.4 is 0 Å². The average molecular weight is 258 g/mol. The normalized spacial score (nSPS) is 12.5. The zero-order valence-corrected chi connectivity index (χ0v) is 11.0. The fourth-order valence-corrected chi connectivity index (χ4v) is 2.37. The second-order valence-corrected chi connectivity index (χ2v) is 4.82. The molecule has 1 unspecified atom stereocenters. The molecule has 0 spiro atoms. The van der Waals surface area contributed by atoms with Crippen molar-refractivity contribution in [3.8, 4) is 0 Å². The van der Waals surface area contributed by atoms with Crippen molar-refractivity contribution in [2.45, 2.75) is 32.3 Å². The first-order valence-electron chi connectivity index (χ1n) is 6.47. The molecule has 1 atom stereocenters. The van der Waals surface area contributed by atoms with Gasteiger partial charge in [0.1, 0.15) is 0 Å². The van der Waals surface area contributed by atoms with Gasteiger partial charge in [0, 0.05) is 6.42 Å². The third-order valence-electron chi connectivity index (χ3n) is 3.40. The van der Waals surface area contributed by atoms with E-state index in [0.717, 1.165) is 16.3 Å².